The number of pyridine rings is 2. The van der Waals surface area contributed by atoms with Crippen LogP contribution in [-0.4, -0.2) is 31.1 Å². The molecule has 0 atom stereocenters. The first-order chi connectivity index (χ1) is 14.0. The highest BCUT2D eigenvalue weighted by Gasteiger charge is 2.41. The lowest BCUT2D eigenvalue weighted by molar-refractivity contribution is 0.0601. The summed E-state index contributed by atoms with van der Waals surface area (Å²) in [6, 6.07) is 3.92. The molecule has 0 radical (unpaired) electrons. The van der Waals surface area contributed by atoms with Crippen molar-refractivity contribution in [2.24, 2.45) is 0 Å². The van der Waals surface area contributed by atoms with E-state index in [1.165, 1.54) is 7.11 Å². The Kier molecular flexibility index (Phi) is 7.60. The van der Waals surface area contributed by atoms with Crippen molar-refractivity contribution in [2.75, 3.05) is 7.11 Å². The van der Waals surface area contributed by atoms with Gasteiger partial charge in [0.05, 0.1) is 18.2 Å². The van der Waals surface area contributed by atoms with Crippen LogP contribution in [0.3, 0.4) is 0 Å². The third-order valence-corrected chi connectivity index (χ3v) is 12.3. The SMILES string of the molecule is COC(=O)c1cnc(C)cc1-c1cc(C)ncc1C#C[Si](C(C)C)(C(C)C)C(C)C. The van der Waals surface area contributed by atoms with Crippen molar-refractivity contribution in [3.8, 4) is 22.6 Å². The lowest BCUT2D eigenvalue weighted by atomic mass is 9.97. The van der Waals surface area contributed by atoms with Crippen molar-refractivity contribution in [2.45, 2.75) is 72.0 Å². The summed E-state index contributed by atoms with van der Waals surface area (Å²) in [5, 5.41) is 0. The van der Waals surface area contributed by atoms with Crippen LogP contribution < -0.4 is 0 Å². The molecule has 0 N–H and O–H groups in total. The lowest BCUT2D eigenvalue weighted by Crippen LogP contribution is -2.43. The van der Waals surface area contributed by atoms with Crippen molar-refractivity contribution in [1.82, 2.24) is 9.97 Å². The fourth-order valence-electron chi connectivity index (χ4n) is 4.55. The van der Waals surface area contributed by atoms with Crippen molar-refractivity contribution in [3.05, 3.63) is 47.0 Å². The van der Waals surface area contributed by atoms with E-state index in [0.717, 1.165) is 28.1 Å². The van der Waals surface area contributed by atoms with Crippen LogP contribution >= 0.6 is 0 Å². The molecule has 0 unspecified atom stereocenters. The topological polar surface area (TPSA) is 52.1 Å². The van der Waals surface area contributed by atoms with Crippen molar-refractivity contribution >= 4 is 14.0 Å². The summed E-state index contributed by atoms with van der Waals surface area (Å²) in [6.07, 6.45) is 3.41. The van der Waals surface area contributed by atoms with E-state index in [1.807, 2.05) is 32.2 Å². The molecule has 0 aliphatic carbocycles. The van der Waals surface area contributed by atoms with E-state index in [4.69, 9.17) is 4.74 Å². The largest absolute Gasteiger partial charge is 0.465 e. The van der Waals surface area contributed by atoms with E-state index in [1.54, 1.807) is 6.20 Å². The molecule has 0 saturated carbocycles. The zero-order valence-corrected chi connectivity index (χ0v) is 20.8. The number of hydrogen-bond acceptors (Lipinski definition) is 4. The Morgan fingerprint density at radius 1 is 0.900 bits per heavy atom. The number of nitrogens with zero attached hydrogens (tertiary/aromatic N) is 2. The number of ether oxygens (including phenoxy) is 1. The maximum absolute atomic E-state index is 12.4. The van der Waals surface area contributed by atoms with Gasteiger partial charge in [-0.15, -0.1) is 5.54 Å². The van der Waals surface area contributed by atoms with Gasteiger partial charge in [-0.3, -0.25) is 9.97 Å². The molecule has 2 heterocycles. The highest BCUT2D eigenvalue weighted by Crippen LogP contribution is 2.41. The van der Waals surface area contributed by atoms with Crippen molar-refractivity contribution in [1.29, 1.82) is 0 Å². The molecule has 2 rings (SSSR count). The molecule has 0 bridgehead atoms. The summed E-state index contributed by atoms with van der Waals surface area (Å²) < 4.78 is 4.99. The maximum atomic E-state index is 12.4. The van der Waals surface area contributed by atoms with Gasteiger partial charge in [-0.05, 0) is 42.6 Å². The minimum Gasteiger partial charge on any atom is -0.465 e. The van der Waals surface area contributed by atoms with E-state index in [2.05, 4.69) is 63.0 Å². The first kappa shape index (κ1) is 23.8. The van der Waals surface area contributed by atoms with E-state index in [0.29, 0.717) is 22.2 Å². The summed E-state index contributed by atoms with van der Waals surface area (Å²) >= 11 is 0. The molecule has 30 heavy (non-hydrogen) atoms. The molecule has 160 valence electrons. The first-order valence-corrected chi connectivity index (χ1v) is 12.8. The predicted molar refractivity (Wildman–Crippen MR) is 126 cm³/mol. The van der Waals surface area contributed by atoms with E-state index < -0.39 is 14.0 Å². The van der Waals surface area contributed by atoms with E-state index >= 15 is 0 Å². The minimum atomic E-state index is -1.89. The first-order valence-electron chi connectivity index (χ1n) is 10.6. The zero-order chi connectivity index (χ0) is 22.6. The van der Waals surface area contributed by atoms with Crippen LogP contribution in [-0.2, 0) is 4.74 Å². The summed E-state index contributed by atoms with van der Waals surface area (Å²) in [4.78, 5) is 21.2. The van der Waals surface area contributed by atoms with Crippen LogP contribution in [0, 0.1) is 25.3 Å². The van der Waals surface area contributed by atoms with Gasteiger partial charge in [0, 0.05) is 34.9 Å². The van der Waals surface area contributed by atoms with E-state index in [9.17, 15) is 4.79 Å². The van der Waals surface area contributed by atoms with Gasteiger partial charge in [-0.1, -0.05) is 47.5 Å². The second-order valence-electron chi connectivity index (χ2n) is 8.88. The zero-order valence-electron chi connectivity index (χ0n) is 19.8. The van der Waals surface area contributed by atoms with Gasteiger partial charge >= 0.3 is 5.97 Å². The Morgan fingerprint density at radius 2 is 1.40 bits per heavy atom. The van der Waals surface area contributed by atoms with Gasteiger partial charge in [-0.25, -0.2) is 4.79 Å². The molecule has 0 aromatic carbocycles. The van der Waals surface area contributed by atoms with Crippen LogP contribution in [0.5, 0.6) is 0 Å². The number of aromatic nitrogens is 2. The molecule has 0 saturated heterocycles. The molecule has 5 heteroatoms. The second kappa shape index (κ2) is 9.57. The average molecular weight is 423 g/mol. The Bertz CT molecular complexity index is 963. The Labute approximate surface area is 182 Å². The fraction of sp³-hybridized carbons (Fsp3) is 0.480. The number of methoxy groups -OCH3 is 1. The highest BCUT2D eigenvalue weighted by molar-refractivity contribution is 6.90. The minimum absolute atomic E-state index is 0.402. The quantitative estimate of drug-likeness (QED) is 0.331. The van der Waals surface area contributed by atoms with Crippen LogP contribution in [0.15, 0.2) is 24.5 Å². The van der Waals surface area contributed by atoms with Crippen molar-refractivity contribution < 1.29 is 9.53 Å². The molecule has 2 aromatic rings. The number of rotatable bonds is 5. The third kappa shape index (κ3) is 4.65. The Balaban J connectivity index is 2.77. The number of hydrogen-bond donors (Lipinski definition) is 0. The predicted octanol–water partition coefficient (Wildman–Crippen LogP) is 6.12. The van der Waals surface area contributed by atoms with Gasteiger partial charge < -0.3 is 4.74 Å². The number of carbonyl (C=O) groups is 1. The monoisotopic (exact) mass is 422 g/mol. The van der Waals surface area contributed by atoms with E-state index in [-0.39, 0.29) is 0 Å². The number of carbonyl (C=O) groups excluding carboxylic acids is 1. The normalized spacial score (nSPS) is 11.6. The van der Waals surface area contributed by atoms with Gasteiger partial charge in [0.15, 0.2) is 0 Å². The Morgan fingerprint density at radius 3 is 1.90 bits per heavy atom. The van der Waals surface area contributed by atoms with Crippen molar-refractivity contribution in [3.63, 3.8) is 0 Å². The van der Waals surface area contributed by atoms with Crippen LogP contribution in [0.4, 0.5) is 0 Å². The van der Waals surface area contributed by atoms with Gasteiger partial charge in [-0.2, -0.15) is 0 Å². The molecule has 0 aliphatic rings. The standard InChI is InChI=1S/C25H34N2O2Si/c1-16(2)30(17(3)4,18(5)6)11-10-21-14-26-19(7)12-22(21)23-13-20(8)27-15-24(23)25(28)29-9/h12-18H,1-9H3. The van der Waals surface area contributed by atoms with Gasteiger partial charge in [0.1, 0.15) is 8.07 Å². The molecule has 0 aliphatic heterocycles. The lowest BCUT2D eigenvalue weighted by Gasteiger charge is -2.38. The average Bonchev–Trinajstić information content (AvgIpc) is 2.67. The van der Waals surface area contributed by atoms with Crippen LogP contribution in [0.2, 0.25) is 16.6 Å². The van der Waals surface area contributed by atoms with Crippen LogP contribution in [0.1, 0.15) is 68.9 Å². The smallest absolute Gasteiger partial charge is 0.340 e. The molecule has 0 amide bonds. The molecule has 2 aromatic heterocycles. The summed E-state index contributed by atoms with van der Waals surface area (Å²) in [6.45, 7) is 17.7. The molecular weight excluding hydrogens is 388 g/mol. The van der Waals surface area contributed by atoms with Gasteiger partial charge in [0.2, 0.25) is 0 Å². The summed E-state index contributed by atoms with van der Waals surface area (Å²) in [5.74, 6) is 3.10. The third-order valence-electron chi connectivity index (χ3n) is 6.06. The van der Waals surface area contributed by atoms with Gasteiger partial charge in [0.25, 0.3) is 0 Å². The molecule has 4 nitrogen and oxygen atoms in total. The number of aryl methyl sites for hydroxylation is 2. The summed E-state index contributed by atoms with van der Waals surface area (Å²) in [5.41, 5.74) is 10.1. The number of esters is 1. The maximum Gasteiger partial charge on any atom is 0.340 e. The molecule has 0 spiro atoms. The highest BCUT2D eigenvalue weighted by atomic mass is 28.3. The fourth-order valence-corrected chi connectivity index (χ4v) is 9.76. The van der Waals surface area contributed by atoms with Crippen LogP contribution in [0.25, 0.3) is 11.1 Å². The Hall–Kier alpha value is -2.45. The molecule has 0 fully saturated rings. The molecular formula is C25H34N2O2Si. The summed E-state index contributed by atoms with van der Waals surface area (Å²) in [7, 11) is -0.507. The second-order valence-corrected chi connectivity index (χ2v) is 14.5.